The molecule has 1 atom stereocenters. The molecular formula is C11H14N2O3S2. The van der Waals surface area contributed by atoms with Crippen LogP contribution in [0.1, 0.15) is 12.5 Å². The summed E-state index contributed by atoms with van der Waals surface area (Å²) in [6.07, 6.45) is 1.02. The van der Waals surface area contributed by atoms with E-state index >= 15 is 0 Å². The van der Waals surface area contributed by atoms with Crippen molar-refractivity contribution in [1.29, 1.82) is 0 Å². The van der Waals surface area contributed by atoms with Crippen LogP contribution >= 0.6 is 12.2 Å². The van der Waals surface area contributed by atoms with E-state index in [-0.39, 0.29) is 4.99 Å². The first-order valence-corrected chi connectivity index (χ1v) is 7.47. The van der Waals surface area contributed by atoms with Gasteiger partial charge in [0.1, 0.15) is 10.2 Å². The minimum Gasteiger partial charge on any atom is -0.389 e. The monoisotopic (exact) mass is 286 g/mol. The minimum absolute atomic E-state index is 0.210. The molecule has 5 nitrogen and oxygen atoms in total. The third-order valence-electron chi connectivity index (χ3n) is 2.43. The number of nitrogens with one attached hydrogen (secondary N) is 1. The number of anilines is 1. The van der Waals surface area contributed by atoms with Crippen LogP contribution in [0.3, 0.4) is 0 Å². The van der Waals surface area contributed by atoms with Crippen LogP contribution in [-0.4, -0.2) is 30.8 Å². The Kier molecular flexibility index (Phi) is 4.42. The highest BCUT2D eigenvalue weighted by molar-refractivity contribution is 7.92. The van der Waals surface area contributed by atoms with E-state index in [2.05, 4.69) is 5.32 Å². The maximum absolute atomic E-state index is 11.7. The van der Waals surface area contributed by atoms with E-state index in [1.165, 1.54) is 6.92 Å². The maximum Gasteiger partial charge on any atom is 0.242 e. The van der Waals surface area contributed by atoms with Crippen molar-refractivity contribution in [2.24, 2.45) is 5.73 Å². The number of benzene rings is 1. The molecule has 0 heterocycles. The van der Waals surface area contributed by atoms with E-state index in [4.69, 9.17) is 18.0 Å². The molecule has 3 N–H and O–H groups in total. The van der Waals surface area contributed by atoms with Gasteiger partial charge in [-0.2, -0.15) is 0 Å². The lowest BCUT2D eigenvalue weighted by Crippen LogP contribution is -2.31. The van der Waals surface area contributed by atoms with Gasteiger partial charge in [-0.05, 0) is 19.1 Å². The first kappa shape index (κ1) is 14.6. The SMILES string of the molecule is CC(C(=O)Nc1cccc(C(N)=S)c1)S(C)(=O)=O. The molecule has 0 aliphatic heterocycles. The summed E-state index contributed by atoms with van der Waals surface area (Å²) >= 11 is 4.82. The first-order valence-electron chi connectivity index (χ1n) is 5.11. The molecule has 1 amide bonds. The molecule has 0 aliphatic carbocycles. The summed E-state index contributed by atoms with van der Waals surface area (Å²) in [6.45, 7) is 1.34. The average Bonchev–Trinajstić information content (AvgIpc) is 2.27. The highest BCUT2D eigenvalue weighted by Crippen LogP contribution is 2.12. The molecule has 1 rings (SSSR count). The van der Waals surface area contributed by atoms with Crippen molar-refractivity contribution in [2.45, 2.75) is 12.2 Å². The van der Waals surface area contributed by atoms with Crippen LogP contribution in [0.25, 0.3) is 0 Å². The quantitative estimate of drug-likeness (QED) is 0.795. The molecule has 0 bridgehead atoms. The lowest BCUT2D eigenvalue weighted by atomic mass is 10.2. The minimum atomic E-state index is -3.41. The smallest absolute Gasteiger partial charge is 0.242 e. The largest absolute Gasteiger partial charge is 0.389 e. The summed E-state index contributed by atoms with van der Waals surface area (Å²) in [4.78, 5) is 11.9. The van der Waals surface area contributed by atoms with Crippen molar-refractivity contribution < 1.29 is 13.2 Å². The second-order valence-electron chi connectivity index (χ2n) is 3.91. The van der Waals surface area contributed by atoms with Crippen LogP contribution in [0, 0.1) is 0 Å². The topological polar surface area (TPSA) is 89.3 Å². The predicted octanol–water partition coefficient (Wildman–Crippen LogP) is 0.692. The summed E-state index contributed by atoms with van der Waals surface area (Å²) in [5.41, 5.74) is 6.53. The van der Waals surface area contributed by atoms with Crippen LogP contribution in [0.4, 0.5) is 5.69 Å². The fraction of sp³-hybridized carbons (Fsp3) is 0.273. The zero-order chi connectivity index (χ0) is 13.9. The third kappa shape index (κ3) is 3.78. The molecule has 7 heteroatoms. The van der Waals surface area contributed by atoms with Crippen LogP contribution in [-0.2, 0) is 14.6 Å². The van der Waals surface area contributed by atoms with Crippen LogP contribution < -0.4 is 11.1 Å². The molecule has 0 spiro atoms. The van der Waals surface area contributed by atoms with Crippen LogP contribution in [0.15, 0.2) is 24.3 Å². The fourth-order valence-electron chi connectivity index (χ4n) is 1.19. The molecule has 0 radical (unpaired) electrons. The van der Waals surface area contributed by atoms with Gasteiger partial charge in [0, 0.05) is 17.5 Å². The summed E-state index contributed by atoms with van der Waals surface area (Å²) in [6, 6.07) is 6.61. The van der Waals surface area contributed by atoms with Gasteiger partial charge in [0.25, 0.3) is 0 Å². The number of amides is 1. The second kappa shape index (κ2) is 5.45. The van der Waals surface area contributed by atoms with Gasteiger partial charge in [-0.15, -0.1) is 0 Å². The van der Waals surface area contributed by atoms with Gasteiger partial charge in [0.15, 0.2) is 9.84 Å². The van der Waals surface area contributed by atoms with Crippen molar-refractivity contribution in [1.82, 2.24) is 0 Å². The maximum atomic E-state index is 11.7. The van der Waals surface area contributed by atoms with Gasteiger partial charge >= 0.3 is 0 Å². The zero-order valence-electron chi connectivity index (χ0n) is 10.0. The number of nitrogens with two attached hydrogens (primary N) is 1. The molecular weight excluding hydrogens is 272 g/mol. The van der Waals surface area contributed by atoms with Crippen molar-refractivity contribution in [2.75, 3.05) is 11.6 Å². The lowest BCUT2D eigenvalue weighted by Gasteiger charge is -2.11. The van der Waals surface area contributed by atoms with E-state index < -0.39 is 21.0 Å². The number of rotatable bonds is 4. The number of carbonyl (C=O) groups is 1. The number of hydrogen-bond acceptors (Lipinski definition) is 4. The van der Waals surface area contributed by atoms with Gasteiger partial charge in [-0.1, -0.05) is 24.4 Å². The molecule has 1 unspecified atom stereocenters. The summed E-state index contributed by atoms with van der Waals surface area (Å²) < 4.78 is 22.5. The Morgan fingerprint density at radius 3 is 2.56 bits per heavy atom. The Morgan fingerprint density at radius 1 is 1.44 bits per heavy atom. The normalized spacial score (nSPS) is 12.8. The van der Waals surface area contributed by atoms with Crippen LogP contribution in [0.2, 0.25) is 0 Å². The number of carbonyl (C=O) groups excluding carboxylic acids is 1. The average molecular weight is 286 g/mol. The van der Waals surface area contributed by atoms with Gasteiger partial charge < -0.3 is 11.1 Å². The lowest BCUT2D eigenvalue weighted by molar-refractivity contribution is -0.115. The Bertz CT molecular complexity index is 582. The van der Waals surface area contributed by atoms with Crippen molar-refractivity contribution in [3.8, 4) is 0 Å². The highest BCUT2D eigenvalue weighted by atomic mass is 32.2. The molecule has 0 aromatic heterocycles. The summed E-state index contributed by atoms with van der Waals surface area (Å²) in [5.74, 6) is -0.586. The van der Waals surface area contributed by atoms with E-state index in [1.54, 1.807) is 24.3 Å². The standard InChI is InChI=1S/C11H14N2O3S2/c1-7(18(2,15)16)11(14)13-9-5-3-4-8(6-9)10(12)17/h3-7H,1-2H3,(H2,12,17)(H,13,14). The molecule has 0 fully saturated rings. The third-order valence-corrected chi connectivity index (χ3v) is 4.16. The highest BCUT2D eigenvalue weighted by Gasteiger charge is 2.23. The van der Waals surface area contributed by atoms with E-state index in [1.807, 2.05) is 0 Å². The Labute approximate surface area is 111 Å². The van der Waals surface area contributed by atoms with Gasteiger partial charge in [-0.25, -0.2) is 8.42 Å². The molecule has 0 saturated carbocycles. The predicted molar refractivity (Wildman–Crippen MR) is 75.3 cm³/mol. The number of hydrogen-bond donors (Lipinski definition) is 2. The van der Waals surface area contributed by atoms with Crippen molar-refractivity contribution >= 4 is 38.6 Å². The zero-order valence-corrected chi connectivity index (χ0v) is 11.6. The molecule has 98 valence electrons. The van der Waals surface area contributed by atoms with Gasteiger partial charge in [0.05, 0.1) is 0 Å². The number of sulfone groups is 1. The van der Waals surface area contributed by atoms with E-state index in [0.717, 1.165) is 6.26 Å². The Balaban J connectivity index is 2.89. The van der Waals surface area contributed by atoms with Gasteiger partial charge in [0.2, 0.25) is 5.91 Å². The Morgan fingerprint density at radius 2 is 2.06 bits per heavy atom. The van der Waals surface area contributed by atoms with Gasteiger partial charge in [-0.3, -0.25) is 4.79 Å². The van der Waals surface area contributed by atoms with Crippen LogP contribution in [0.5, 0.6) is 0 Å². The molecule has 18 heavy (non-hydrogen) atoms. The summed E-state index contributed by atoms with van der Waals surface area (Å²) in [5, 5.41) is 1.40. The van der Waals surface area contributed by atoms with Crippen molar-refractivity contribution in [3.63, 3.8) is 0 Å². The summed E-state index contributed by atoms with van der Waals surface area (Å²) in [7, 11) is -3.41. The Hall–Kier alpha value is -1.47. The first-order chi connectivity index (χ1) is 8.21. The fourth-order valence-corrected chi connectivity index (χ4v) is 1.76. The van der Waals surface area contributed by atoms with E-state index in [0.29, 0.717) is 11.3 Å². The van der Waals surface area contributed by atoms with E-state index in [9.17, 15) is 13.2 Å². The molecule has 1 aromatic rings. The van der Waals surface area contributed by atoms with Crippen molar-refractivity contribution in [3.05, 3.63) is 29.8 Å². The molecule has 1 aromatic carbocycles. The molecule has 0 saturated heterocycles. The molecule has 0 aliphatic rings. The number of thiocarbonyl (C=S) groups is 1. The second-order valence-corrected chi connectivity index (χ2v) is 6.71.